The minimum absolute atomic E-state index is 0.0244. The predicted octanol–water partition coefficient (Wildman–Crippen LogP) is 1.65. The summed E-state index contributed by atoms with van der Waals surface area (Å²) in [4.78, 5) is 11.2. The van der Waals surface area contributed by atoms with E-state index in [0.717, 1.165) is 9.87 Å². The van der Waals surface area contributed by atoms with Crippen LogP contribution in [0.1, 0.15) is 12.0 Å². The summed E-state index contributed by atoms with van der Waals surface area (Å²) in [5.41, 5.74) is 0.983. The van der Waals surface area contributed by atoms with Crippen LogP contribution in [0.2, 0.25) is 0 Å². The Kier molecular flexibility index (Phi) is 6.45. The first-order chi connectivity index (χ1) is 9.41. The summed E-state index contributed by atoms with van der Waals surface area (Å²) < 4.78 is 30.1. The molecule has 7 heteroatoms. The molecular weight excluding hydrogens is 302 g/mol. The van der Waals surface area contributed by atoms with Crippen molar-refractivity contribution in [2.24, 2.45) is 0 Å². The van der Waals surface area contributed by atoms with Gasteiger partial charge in [-0.2, -0.15) is 0 Å². The Hall–Kier alpha value is -1.11. The first kappa shape index (κ1) is 16.9. The molecule has 112 valence electrons. The highest BCUT2D eigenvalue weighted by molar-refractivity contribution is 7.89. The molecule has 0 spiro atoms. The number of halogens is 1. The van der Waals surface area contributed by atoms with Gasteiger partial charge in [-0.15, -0.1) is 11.6 Å². The van der Waals surface area contributed by atoms with E-state index in [9.17, 15) is 13.2 Å². The molecule has 0 saturated heterocycles. The number of rotatable bonds is 7. The van der Waals surface area contributed by atoms with Crippen molar-refractivity contribution in [2.75, 3.05) is 26.6 Å². The van der Waals surface area contributed by atoms with E-state index in [0.29, 0.717) is 12.3 Å². The first-order valence-corrected chi connectivity index (χ1v) is 8.07. The molecule has 0 atom stereocenters. The number of hydrogen-bond acceptors (Lipinski definition) is 4. The van der Waals surface area contributed by atoms with Crippen LogP contribution in [-0.2, 0) is 26.0 Å². The number of aryl methyl sites for hydroxylation is 1. The molecule has 0 aromatic heterocycles. The third-order valence-electron chi connectivity index (χ3n) is 2.87. The molecule has 0 radical (unpaired) electrons. The molecule has 0 aliphatic heterocycles. The maximum absolute atomic E-state index is 12.2. The topological polar surface area (TPSA) is 63.7 Å². The Morgan fingerprint density at radius 1 is 1.30 bits per heavy atom. The Bertz CT molecular complexity index is 542. The smallest absolute Gasteiger partial charge is 0.306 e. The number of hydrogen-bond donors (Lipinski definition) is 0. The highest BCUT2D eigenvalue weighted by Crippen LogP contribution is 2.16. The van der Waals surface area contributed by atoms with Crippen LogP contribution in [0.25, 0.3) is 0 Å². The van der Waals surface area contributed by atoms with Gasteiger partial charge in [-0.25, -0.2) is 12.7 Å². The largest absolute Gasteiger partial charge is 0.469 e. The molecule has 1 aromatic carbocycles. The first-order valence-electron chi connectivity index (χ1n) is 6.10. The number of carbonyl (C=O) groups is 1. The molecule has 0 heterocycles. The lowest BCUT2D eigenvalue weighted by Crippen LogP contribution is -2.29. The SMILES string of the molecule is COC(=O)CCN(C)S(=O)(=O)c1ccc(CCCl)cc1. The van der Waals surface area contributed by atoms with Gasteiger partial charge < -0.3 is 4.74 Å². The summed E-state index contributed by atoms with van der Waals surface area (Å²) in [7, 11) is -0.876. The van der Waals surface area contributed by atoms with Crippen molar-refractivity contribution in [1.29, 1.82) is 0 Å². The van der Waals surface area contributed by atoms with Crippen LogP contribution in [0.5, 0.6) is 0 Å². The van der Waals surface area contributed by atoms with Crippen LogP contribution in [0.4, 0.5) is 0 Å². The molecular formula is C13H18ClNO4S. The fourth-order valence-corrected chi connectivity index (χ4v) is 2.98. The monoisotopic (exact) mass is 319 g/mol. The Labute approximate surface area is 124 Å². The maximum Gasteiger partial charge on any atom is 0.306 e. The Morgan fingerprint density at radius 3 is 2.40 bits per heavy atom. The van der Waals surface area contributed by atoms with Crippen LogP contribution in [0.3, 0.4) is 0 Å². The van der Waals surface area contributed by atoms with Gasteiger partial charge in [0.2, 0.25) is 10.0 Å². The summed E-state index contributed by atoms with van der Waals surface area (Å²) >= 11 is 5.63. The van der Waals surface area contributed by atoms with E-state index in [4.69, 9.17) is 11.6 Å². The van der Waals surface area contributed by atoms with Gasteiger partial charge in [0.05, 0.1) is 18.4 Å². The number of carbonyl (C=O) groups excluding carboxylic acids is 1. The minimum Gasteiger partial charge on any atom is -0.469 e. The number of ether oxygens (including phenoxy) is 1. The van der Waals surface area contributed by atoms with Crippen molar-refractivity contribution in [3.63, 3.8) is 0 Å². The van der Waals surface area contributed by atoms with Crippen molar-refractivity contribution in [3.8, 4) is 0 Å². The van der Waals surface area contributed by atoms with Crippen LogP contribution >= 0.6 is 11.6 Å². The van der Waals surface area contributed by atoms with Crippen molar-refractivity contribution >= 4 is 27.6 Å². The molecule has 0 bridgehead atoms. The highest BCUT2D eigenvalue weighted by atomic mass is 35.5. The van der Waals surface area contributed by atoms with Crippen molar-refractivity contribution in [2.45, 2.75) is 17.7 Å². The molecule has 5 nitrogen and oxygen atoms in total. The van der Waals surface area contributed by atoms with Gasteiger partial charge >= 0.3 is 5.97 Å². The van der Waals surface area contributed by atoms with Gasteiger partial charge in [0.15, 0.2) is 0 Å². The number of alkyl halides is 1. The zero-order valence-electron chi connectivity index (χ0n) is 11.5. The van der Waals surface area contributed by atoms with Crippen molar-refractivity contribution in [3.05, 3.63) is 29.8 Å². The number of methoxy groups -OCH3 is 1. The number of esters is 1. The zero-order valence-corrected chi connectivity index (χ0v) is 13.1. The quantitative estimate of drug-likeness (QED) is 0.566. The maximum atomic E-state index is 12.2. The van der Waals surface area contributed by atoms with E-state index >= 15 is 0 Å². The van der Waals surface area contributed by atoms with Gasteiger partial charge in [-0.3, -0.25) is 4.79 Å². The van der Waals surface area contributed by atoms with Gasteiger partial charge in [0.1, 0.15) is 0 Å². The molecule has 0 saturated carbocycles. The molecule has 1 aromatic rings. The molecule has 0 aliphatic rings. The van der Waals surface area contributed by atoms with Gasteiger partial charge in [0, 0.05) is 19.5 Å². The standard InChI is InChI=1S/C13H18ClNO4S/c1-15(10-8-13(16)19-2)20(17,18)12-5-3-11(4-6-12)7-9-14/h3-6H,7-10H2,1-2H3. The van der Waals surface area contributed by atoms with Gasteiger partial charge in [-0.05, 0) is 24.1 Å². The Morgan fingerprint density at radius 2 is 1.90 bits per heavy atom. The molecule has 0 unspecified atom stereocenters. The molecule has 0 fully saturated rings. The summed E-state index contributed by atoms with van der Waals surface area (Å²) in [5, 5.41) is 0. The third kappa shape index (κ3) is 4.47. The average Bonchev–Trinajstić information content (AvgIpc) is 2.45. The lowest BCUT2D eigenvalue weighted by molar-refractivity contribution is -0.140. The fraction of sp³-hybridized carbons (Fsp3) is 0.462. The van der Waals surface area contributed by atoms with Crippen LogP contribution < -0.4 is 0 Å². The normalized spacial score (nSPS) is 11.6. The van der Waals surface area contributed by atoms with Gasteiger partial charge in [0.25, 0.3) is 0 Å². The molecule has 20 heavy (non-hydrogen) atoms. The number of nitrogens with zero attached hydrogens (tertiary/aromatic N) is 1. The second kappa shape index (κ2) is 7.61. The second-order valence-corrected chi connectivity index (χ2v) is 6.66. The summed E-state index contributed by atoms with van der Waals surface area (Å²) in [5.74, 6) is 0.0509. The number of benzene rings is 1. The minimum atomic E-state index is -3.58. The van der Waals surface area contributed by atoms with E-state index in [1.807, 2.05) is 0 Å². The van der Waals surface area contributed by atoms with Crippen LogP contribution in [-0.4, -0.2) is 45.3 Å². The van der Waals surface area contributed by atoms with E-state index in [-0.39, 0.29) is 17.9 Å². The van der Waals surface area contributed by atoms with Crippen molar-refractivity contribution < 1.29 is 17.9 Å². The molecule has 1 rings (SSSR count). The molecule has 0 N–H and O–H groups in total. The number of sulfonamides is 1. The predicted molar refractivity (Wildman–Crippen MR) is 77.3 cm³/mol. The summed E-state index contributed by atoms with van der Waals surface area (Å²) in [6.07, 6.45) is 0.719. The van der Waals surface area contributed by atoms with E-state index in [2.05, 4.69) is 4.74 Å². The van der Waals surface area contributed by atoms with Crippen LogP contribution in [0.15, 0.2) is 29.2 Å². The average molecular weight is 320 g/mol. The second-order valence-electron chi connectivity index (χ2n) is 4.24. The van der Waals surface area contributed by atoms with E-state index in [1.165, 1.54) is 14.2 Å². The summed E-state index contributed by atoms with van der Waals surface area (Å²) in [6, 6.07) is 6.57. The highest BCUT2D eigenvalue weighted by Gasteiger charge is 2.21. The van der Waals surface area contributed by atoms with E-state index in [1.54, 1.807) is 24.3 Å². The lowest BCUT2D eigenvalue weighted by Gasteiger charge is -2.16. The Balaban J connectivity index is 2.79. The van der Waals surface area contributed by atoms with Crippen LogP contribution in [0, 0.1) is 0 Å². The molecule has 0 amide bonds. The van der Waals surface area contributed by atoms with Crippen molar-refractivity contribution in [1.82, 2.24) is 4.31 Å². The fourth-order valence-electron chi connectivity index (χ4n) is 1.59. The van der Waals surface area contributed by atoms with Gasteiger partial charge in [-0.1, -0.05) is 12.1 Å². The lowest BCUT2D eigenvalue weighted by atomic mass is 10.2. The zero-order chi connectivity index (χ0) is 15.2. The third-order valence-corrected chi connectivity index (χ3v) is 4.93. The molecule has 0 aliphatic carbocycles. The summed E-state index contributed by atoms with van der Waals surface area (Å²) in [6.45, 7) is 0.0818. The van der Waals surface area contributed by atoms with E-state index < -0.39 is 16.0 Å².